The Hall–Kier alpha value is -3.36. The van der Waals surface area contributed by atoms with Gasteiger partial charge in [0, 0.05) is 12.6 Å². The van der Waals surface area contributed by atoms with Crippen molar-refractivity contribution in [1.82, 2.24) is 4.90 Å². The number of aliphatic hydroxyl groups excluding tert-OH is 2. The molecule has 0 aromatic heterocycles. The van der Waals surface area contributed by atoms with E-state index >= 15 is 0 Å². The van der Waals surface area contributed by atoms with E-state index in [1.54, 1.807) is 0 Å². The van der Waals surface area contributed by atoms with Crippen molar-refractivity contribution >= 4 is 0 Å². The molecule has 1 aliphatic heterocycles. The first-order valence-electron chi connectivity index (χ1n) is 14.7. The van der Waals surface area contributed by atoms with Gasteiger partial charge >= 0.3 is 0 Å². The minimum absolute atomic E-state index is 0.144. The molecule has 2 N–H and O–H groups in total. The molecule has 6 heteroatoms. The van der Waals surface area contributed by atoms with Crippen molar-refractivity contribution < 1.29 is 24.4 Å². The maximum absolute atomic E-state index is 10.7. The molecule has 4 aromatic rings. The number of likely N-dealkylation sites (tertiary alicyclic amines) is 1. The van der Waals surface area contributed by atoms with E-state index in [4.69, 9.17) is 14.2 Å². The number of hydrogen-bond donors (Lipinski definition) is 2. The summed E-state index contributed by atoms with van der Waals surface area (Å²) in [5.74, 6) is 0. The van der Waals surface area contributed by atoms with Crippen molar-refractivity contribution in [2.24, 2.45) is 0 Å². The Labute approximate surface area is 249 Å². The van der Waals surface area contributed by atoms with Gasteiger partial charge in [0.2, 0.25) is 0 Å². The lowest BCUT2D eigenvalue weighted by Crippen LogP contribution is -2.43. The van der Waals surface area contributed by atoms with E-state index < -0.39 is 6.10 Å². The molecular formula is C36H41NO5. The molecule has 1 aliphatic rings. The van der Waals surface area contributed by atoms with E-state index in [2.05, 4.69) is 53.4 Å². The third-order valence-corrected chi connectivity index (χ3v) is 7.84. The minimum atomic E-state index is -0.880. The van der Waals surface area contributed by atoms with Crippen LogP contribution in [0.2, 0.25) is 0 Å². The number of aliphatic hydroxyl groups is 2. The summed E-state index contributed by atoms with van der Waals surface area (Å²) < 4.78 is 19.8. The van der Waals surface area contributed by atoms with E-state index in [1.165, 1.54) is 0 Å². The van der Waals surface area contributed by atoms with E-state index in [1.807, 2.05) is 72.8 Å². The Morgan fingerprint density at radius 1 is 0.571 bits per heavy atom. The Morgan fingerprint density at radius 3 is 1.48 bits per heavy atom. The molecule has 5 rings (SSSR count). The van der Waals surface area contributed by atoms with Crippen LogP contribution in [-0.2, 0) is 40.6 Å². The van der Waals surface area contributed by atoms with Crippen LogP contribution < -0.4 is 0 Å². The fraction of sp³-hybridized carbons (Fsp3) is 0.333. The average molecular weight is 568 g/mol. The maximum Gasteiger partial charge on any atom is 0.103 e. The van der Waals surface area contributed by atoms with E-state index in [0.29, 0.717) is 39.4 Å². The molecule has 0 unspecified atom stereocenters. The third kappa shape index (κ3) is 8.35. The summed E-state index contributed by atoms with van der Waals surface area (Å²) in [7, 11) is 0. The van der Waals surface area contributed by atoms with Crippen molar-refractivity contribution in [3.63, 3.8) is 0 Å². The fourth-order valence-corrected chi connectivity index (χ4v) is 5.72. The second kappa shape index (κ2) is 15.8. The predicted octanol–water partition coefficient (Wildman–Crippen LogP) is 5.37. The zero-order valence-corrected chi connectivity index (χ0v) is 23.9. The highest BCUT2D eigenvalue weighted by Crippen LogP contribution is 2.35. The zero-order valence-electron chi connectivity index (χ0n) is 23.9. The molecule has 5 atom stereocenters. The van der Waals surface area contributed by atoms with Gasteiger partial charge in [-0.2, -0.15) is 0 Å². The molecule has 0 bridgehead atoms. The van der Waals surface area contributed by atoms with Gasteiger partial charge in [-0.25, -0.2) is 0 Å². The van der Waals surface area contributed by atoms with Crippen molar-refractivity contribution in [1.29, 1.82) is 0 Å². The summed E-state index contributed by atoms with van der Waals surface area (Å²) in [5, 5.41) is 20.6. The number of rotatable bonds is 15. The predicted molar refractivity (Wildman–Crippen MR) is 163 cm³/mol. The topological polar surface area (TPSA) is 71.4 Å². The average Bonchev–Trinajstić information content (AvgIpc) is 3.31. The Balaban J connectivity index is 1.46. The fourth-order valence-electron chi connectivity index (χ4n) is 5.72. The van der Waals surface area contributed by atoms with Crippen LogP contribution >= 0.6 is 0 Å². The molecule has 220 valence electrons. The minimum Gasteiger partial charge on any atom is -0.394 e. The van der Waals surface area contributed by atoms with Gasteiger partial charge in [0.25, 0.3) is 0 Å². The number of benzene rings is 4. The first-order valence-corrected chi connectivity index (χ1v) is 14.7. The van der Waals surface area contributed by atoms with Crippen LogP contribution in [0.3, 0.4) is 0 Å². The number of hydrogen-bond acceptors (Lipinski definition) is 6. The van der Waals surface area contributed by atoms with Gasteiger partial charge in [-0.05, 0) is 28.7 Å². The second-order valence-corrected chi connectivity index (χ2v) is 10.9. The van der Waals surface area contributed by atoms with E-state index in [0.717, 1.165) is 22.3 Å². The van der Waals surface area contributed by atoms with Gasteiger partial charge in [-0.15, -0.1) is 0 Å². The molecule has 0 spiro atoms. The van der Waals surface area contributed by atoms with Crippen LogP contribution in [0.25, 0.3) is 0 Å². The Kier molecular flexibility index (Phi) is 11.3. The van der Waals surface area contributed by atoms with Gasteiger partial charge < -0.3 is 24.4 Å². The lowest BCUT2D eigenvalue weighted by atomic mass is 10.0. The van der Waals surface area contributed by atoms with Crippen LogP contribution in [0.5, 0.6) is 0 Å². The first-order chi connectivity index (χ1) is 20.7. The summed E-state index contributed by atoms with van der Waals surface area (Å²) in [6, 6.07) is 40.4. The smallest absolute Gasteiger partial charge is 0.103 e. The highest BCUT2D eigenvalue weighted by atomic mass is 16.5. The van der Waals surface area contributed by atoms with E-state index in [-0.39, 0.29) is 30.9 Å². The zero-order chi connectivity index (χ0) is 29.0. The molecule has 0 radical (unpaired) electrons. The molecule has 0 amide bonds. The highest BCUT2D eigenvalue weighted by Gasteiger charge is 2.50. The monoisotopic (exact) mass is 567 g/mol. The lowest BCUT2D eigenvalue weighted by molar-refractivity contribution is -0.0890. The summed E-state index contributed by atoms with van der Waals surface area (Å²) >= 11 is 0. The summed E-state index contributed by atoms with van der Waals surface area (Å²) in [6.07, 6.45) is -1.22. The highest BCUT2D eigenvalue weighted by molar-refractivity contribution is 5.19. The van der Waals surface area contributed by atoms with Gasteiger partial charge in [0.15, 0.2) is 0 Å². The number of nitrogens with zero attached hydrogens (tertiary/aromatic N) is 1. The maximum atomic E-state index is 10.7. The molecule has 6 nitrogen and oxygen atoms in total. The summed E-state index contributed by atoms with van der Waals surface area (Å²) in [4.78, 5) is 2.35. The van der Waals surface area contributed by atoms with Crippen LogP contribution in [0.15, 0.2) is 121 Å². The van der Waals surface area contributed by atoms with Crippen molar-refractivity contribution in [3.8, 4) is 0 Å². The van der Waals surface area contributed by atoms with Gasteiger partial charge in [0.05, 0.1) is 45.2 Å². The van der Waals surface area contributed by atoms with Crippen LogP contribution in [0, 0.1) is 0 Å². The van der Waals surface area contributed by atoms with Crippen molar-refractivity contribution in [2.75, 3.05) is 13.2 Å². The first kappa shape index (κ1) is 30.1. The molecule has 0 aliphatic carbocycles. The largest absolute Gasteiger partial charge is 0.394 e. The van der Waals surface area contributed by atoms with Gasteiger partial charge in [-0.3, -0.25) is 4.90 Å². The Bertz CT molecular complexity index is 1290. The molecule has 1 heterocycles. The van der Waals surface area contributed by atoms with Crippen LogP contribution in [0.4, 0.5) is 0 Å². The van der Waals surface area contributed by atoms with E-state index in [9.17, 15) is 10.2 Å². The summed E-state index contributed by atoms with van der Waals surface area (Å²) in [6.45, 7) is 2.09. The second-order valence-electron chi connectivity index (χ2n) is 10.9. The normalized spacial score (nSPS) is 21.4. The van der Waals surface area contributed by atoms with Gasteiger partial charge in [0.1, 0.15) is 12.2 Å². The molecular weight excluding hydrogens is 526 g/mol. The van der Waals surface area contributed by atoms with Crippen LogP contribution in [-0.4, -0.2) is 58.7 Å². The SMILES string of the molecule is OC[C@H](O)C[C@H]1[C@@H](OCc2ccccc2)[C@H](OCc2ccccc2)[C@@H](COCc2ccccc2)N1Cc1ccccc1. The molecule has 42 heavy (non-hydrogen) atoms. The standard InChI is InChI=1S/C36H41NO5/c38-23-32(39)21-33-35(41-25-30-17-9-3-10-18-30)36(42-26-31-19-11-4-12-20-31)34(27-40-24-29-15-7-2-8-16-29)37(33)22-28-13-5-1-6-14-28/h1-20,32-36,38-39H,21-27H2/t32-,33+,34-,35-,36-/m1/s1. The molecule has 1 fully saturated rings. The third-order valence-electron chi connectivity index (χ3n) is 7.84. The quantitative estimate of drug-likeness (QED) is 0.201. The summed E-state index contributed by atoms with van der Waals surface area (Å²) in [5.41, 5.74) is 4.41. The van der Waals surface area contributed by atoms with Gasteiger partial charge in [-0.1, -0.05) is 121 Å². The molecule has 1 saturated heterocycles. The van der Waals surface area contributed by atoms with Crippen molar-refractivity contribution in [3.05, 3.63) is 144 Å². The molecule has 0 saturated carbocycles. The van der Waals surface area contributed by atoms with Crippen molar-refractivity contribution in [2.45, 2.75) is 63.2 Å². The Morgan fingerprint density at radius 2 is 1.00 bits per heavy atom. The number of ether oxygens (including phenoxy) is 3. The van der Waals surface area contributed by atoms with Crippen LogP contribution in [0.1, 0.15) is 28.7 Å². The molecule has 4 aromatic carbocycles. The lowest BCUT2D eigenvalue weighted by Gasteiger charge is -2.32.